The first-order valence-corrected chi connectivity index (χ1v) is 10.7. The van der Waals surface area contributed by atoms with Gasteiger partial charge in [0.25, 0.3) is 11.8 Å². The van der Waals surface area contributed by atoms with Crippen molar-refractivity contribution in [2.75, 3.05) is 13.6 Å². The number of benzene rings is 1. The van der Waals surface area contributed by atoms with Crippen LogP contribution < -0.4 is 0 Å². The Morgan fingerprint density at radius 2 is 2.06 bits per heavy atom. The normalized spacial score (nSPS) is 16.7. The number of amides is 2. The quantitative estimate of drug-likeness (QED) is 0.517. The number of H-pyrrole nitrogens is 2. The fourth-order valence-electron chi connectivity index (χ4n) is 4.69. The van der Waals surface area contributed by atoms with Crippen molar-refractivity contribution in [2.24, 2.45) is 0 Å². The van der Waals surface area contributed by atoms with Crippen LogP contribution in [0.2, 0.25) is 0 Å². The molecule has 1 aromatic carbocycles. The summed E-state index contributed by atoms with van der Waals surface area (Å²) in [6.45, 7) is 0.904. The van der Waals surface area contributed by atoms with Crippen LogP contribution in [0.4, 0.5) is 0 Å². The first-order valence-electron chi connectivity index (χ1n) is 10.7. The largest absolute Gasteiger partial charge is 0.364 e. The minimum atomic E-state index is -0.440. The Labute approximate surface area is 183 Å². The highest BCUT2D eigenvalue weighted by Gasteiger charge is 2.52. The van der Waals surface area contributed by atoms with Crippen molar-refractivity contribution < 1.29 is 14.1 Å². The molecule has 1 saturated carbocycles. The number of nitrogens with zero attached hydrogens (tertiary/aromatic N) is 4. The van der Waals surface area contributed by atoms with Gasteiger partial charge >= 0.3 is 0 Å². The summed E-state index contributed by atoms with van der Waals surface area (Å²) in [5.74, 6) is -0.260. The first kappa shape index (κ1) is 18.9. The third-order valence-electron chi connectivity index (χ3n) is 6.77. The molecule has 9 heteroatoms. The van der Waals surface area contributed by atoms with Gasteiger partial charge in [0, 0.05) is 48.2 Å². The summed E-state index contributed by atoms with van der Waals surface area (Å²) in [6.07, 6.45) is 3.82. The predicted molar refractivity (Wildman–Crippen MR) is 115 cm³/mol. The van der Waals surface area contributed by atoms with Gasteiger partial charge in [0.1, 0.15) is 17.7 Å². The molecular formula is C23H22N6O3. The summed E-state index contributed by atoms with van der Waals surface area (Å²) >= 11 is 0. The van der Waals surface area contributed by atoms with E-state index in [2.05, 4.69) is 20.3 Å². The third kappa shape index (κ3) is 2.77. The van der Waals surface area contributed by atoms with Crippen LogP contribution in [0.1, 0.15) is 50.8 Å². The van der Waals surface area contributed by atoms with Crippen molar-refractivity contribution in [3.8, 4) is 0 Å². The Hall–Kier alpha value is -3.88. The highest BCUT2D eigenvalue weighted by molar-refractivity contribution is 5.99. The maximum atomic E-state index is 13.4. The van der Waals surface area contributed by atoms with Crippen LogP contribution in [0.15, 0.2) is 47.2 Å². The second kappa shape index (κ2) is 6.81. The van der Waals surface area contributed by atoms with Crippen LogP contribution in [0.3, 0.4) is 0 Å². The predicted octanol–water partition coefficient (Wildman–Crippen LogP) is 2.84. The number of para-hydroxylation sites is 1. The molecule has 2 amide bonds. The van der Waals surface area contributed by atoms with Crippen LogP contribution in [-0.2, 0) is 18.5 Å². The van der Waals surface area contributed by atoms with E-state index in [9.17, 15) is 9.59 Å². The van der Waals surface area contributed by atoms with Gasteiger partial charge in [-0.2, -0.15) is 5.10 Å². The molecule has 4 heterocycles. The highest BCUT2D eigenvalue weighted by atomic mass is 16.5. The number of aromatic nitrogens is 4. The number of carbonyl (C=O) groups is 2. The van der Waals surface area contributed by atoms with E-state index < -0.39 is 5.54 Å². The number of nitrogens with one attached hydrogen (secondary N) is 2. The molecular weight excluding hydrogens is 408 g/mol. The van der Waals surface area contributed by atoms with Gasteiger partial charge in [-0.3, -0.25) is 14.7 Å². The molecule has 0 spiro atoms. The maximum absolute atomic E-state index is 13.4. The molecule has 0 radical (unpaired) electrons. The zero-order valence-electron chi connectivity index (χ0n) is 17.6. The monoisotopic (exact) mass is 430 g/mol. The second-order valence-electron chi connectivity index (χ2n) is 8.56. The van der Waals surface area contributed by atoms with E-state index in [0.717, 1.165) is 40.7 Å². The summed E-state index contributed by atoms with van der Waals surface area (Å²) in [7, 11) is 1.78. The van der Waals surface area contributed by atoms with E-state index in [1.165, 1.54) is 6.26 Å². The molecule has 2 N–H and O–H groups in total. The zero-order chi connectivity index (χ0) is 21.9. The van der Waals surface area contributed by atoms with Crippen molar-refractivity contribution >= 4 is 22.7 Å². The molecule has 2 aliphatic rings. The van der Waals surface area contributed by atoms with Crippen LogP contribution in [0, 0.1) is 0 Å². The van der Waals surface area contributed by atoms with Gasteiger partial charge in [0.05, 0.1) is 12.1 Å². The first-order chi connectivity index (χ1) is 15.6. The van der Waals surface area contributed by atoms with Crippen LogP contribution >= 0.6 is 0 Å². The van der Waals surface area contributed by atoms with Crippen LogP contribution in [0.5, 0.6) is 0 Å². The Balaban J connectivity index is 1.26. The lowest BCUT2D eigenvalue weighted by Gasteiger charge is -2.29. The Morgan fingerprint density at radius 1 is 1.22 bits per heavy atom. The molecule has 0 saturated heterocycles. The number of hydrogen-bond acceptors (Lipinski definition) is 5. The van der Waals surface area contributed by atoms with Gasteiger partial charge < -0.3 is 19.3 Å². The minimum Gasteiger partial charge on any atom is -0.364 e. The highest BCUT2D eigenvalue weighted by Crippen LogP contribution is 2.50. The van der Waals surface area contributed by atoms with Crippen molar-refractivity contribution in [1.82, 2.24) is 30.1 Å². The molecule has 162 valence electrons. The standard InChI is InChI=1S/C23H22N6O3/c1-28(23(8-9-23)19-7-11-32-27-19)22(31)20-15-13-29(10-6-17(15)25-26-20)21(30)18-12-14-4-2-3-5-16(14)24-18/h2-5,7,11-12,24H,6,8-10,13H2,1H3,(H,25,26). The molecule has 6 rings (SSSR count). The fraction of sp³-hybridized carbons (Fsp3) is 0.304. The van der Waals surface area contributed by atoms with Crippen molar-refractivity contribution in [1.29, 1.82) is 0 Å². The molecule has 1 fully saturated rings. The summed E-state index contributed by atoms with van der Waals surface area (Å²) in [6, 6.07) is 11.5. The van der Waals surface area contributed by atoms with Crippen molar-refractivity contribution in [2.45, 2.75) is 31.3 Å². The van der Waals surface area contributed by atoms with Gasteiger partial charge in [-0.25, -0.2) is 0 Å². The van der Waals surface area contributed by atoms with E-state index in [0.29, 0.717) is 30.9 Å². The molecule has 1 aliphatic heterocycles. The summed E-state index contributed by atoms with van der Waals surface area (Å²) < 4.78 is 5.00. The van der Waals surface area contributed by atoms with Gasteiger partial charge in [0.15, 0.2) is 5.69 Å². The Morgan fingerprint density at radius 3 is 2.81 bits per heavy atom. The molecule has 4 aromatic rings. The van der Waals surface area contributed by atoms with Crippen LogP contribution in [0.25, 0.3) is 10.9 Å². The maximum Gasteiger partial charge on any atom is 0.275 e. The second-order valence-corrected chi connectivity index (χ2v) is 8.56. The van der Waals surface area contributed by atoms with Gasteiger partial charge in [-0.05, 0) is 25.0 Å². The van der Waals surface area contributed by atoms with Crippen LogP contribution in [-0.4, -0.2) is 55.5 Å². The molecule has 32 heavy (non-hydrogen) atoms. The number of hydrogen-bond donors (Lipinski definition) is 2. The summed E-state index contributed by atoms with van der Waals surface area (Å²) in [5.41, 5.74) is 3.86. The van der Waals surface area contributed by atoms with Crippen molar-refractivity contribution in [3.63, 3.8) is 0 Å². The summed E-state index contributed by atoms with van der Waals surface area (Å²) in [4.78, 5) is 33.3. The molecule has 0 atom stereocenters. The SMILES string of the molecule is CN(C(=O)c1n[nH]c2c1CN(C(=O)c1cc3ccccc3[nH]1)CC2)C1(c2ccon2)CC1. The molecule has 0 bridgehead atoms. The van der Waals surface area contributed by atoms with Gasteiger partial charge in [0.2, 0.25) is 0 Å². The third-order valence-corrected chi connectivity index (χ3v) is 6.77. The lowest BCUT2D eigenvalue weighted by molar-refractivity contribution is 0.0675. The fourth-order valence-corrected chi connectivity index (χ4v) is 4.69. The zero-order valence-corrected chi connectivity index (χ0v) is 17.6. The average molecular weight is 430 g/mol. The lowest BCUT2D eigenvalue weighted by atomic mass is 10.0. The topological polar surface area (TPSA) is 111 Å². The Kier molecular flexibility index (Phi) is 4.01. The number of rotatable bonds is 4. The lowest BCUT2D eigenvalue weighted by Crippen LogP contribution is -2.40. The average Bonchev–Trinajstić information content (AvgIpc) is 3.20. The molecule has 0 unspecified atom stereocenters. The molecule has 1 aliphatic carbocycles. The smallest absolute Gasteiger partial charge is 0.275 e. The van der Waals surface area contributed by atoms with E-state index >= 15 is 0 Å². The van der Waals surface area contributed by atoms with E-state index in [1.54, 1.807) is 22.9 Å². The number of aromatic amines is 2. The Bertz CT molecular complexity index is 1300. The summed E-state index contributed by atoms with van der Waals surface area (Å²) in [5, 5.41) is 12.4. The minimum absolute atomic E-state index is 0.0823. The van der Waals surface area contributed by atoms with Gasteiger partial charge in [-0.15, -0.1) is 0 Å². The van der Waals surface area contributed by atoms with E-state index in [1.807, 2.05) is 30.3 Å². The van der Waals surface area contributed by atoms with E-state index in [-0.39, 0.29) is 11.8 Å². The molecule has 3 aromatic heterocycles. The number of fused-ring (bicyclic) bond motifs is 2. The number of carbonyl (C=O) groups excluding carboxylic acids is 2. The van der Waals surface area contributed by atoms with Crippen molar-refractivity contribution in [3.05, 3.63) is 71.0 Å². The molecule has 9 nitrogen and oxygen atoms in total. The van der Waals surface area contributed by atoms with Gasteiger partial charge in [-0.1, -0.05) is 23.4 Å². The van der Waals surface area contributed by atoms with E-state index in [4.69, 9.17) is 4.52 Å².